The summed E-state index contributed by atoms with van der Waals surface area (Å²) in [5.41, 5.74) is 2.19. The summed E-state index contributed by atoms with van der Waals surface area (Å²) in [6.45, 7) is 0.916. The van der Waals surface area contributed by atoms with Crippen molar-refractivity contribution in [2.75, 3.05) is 29.9 Å². The molecule has 0 atom stereocenters. The molecule has 0 spiro atoms. The maximum atomic E-state index is 12.4. The van der Waals surface area contributed by atoms with E-state index in [0.717, 1.165) is 22.6 Å². The molecule has 0 aliphatic carbocycles. The first-order valence-electron chi connectivity index (χ1n) is 7.61. The number of nitrogens with zero attached hydrogens (tertiary/aromatic N) is 1. The zero-order valence-electron chi connectivity index (χ0n) is 13.5. The summed E-state index contributed by atoms with van der Waals surface area (Å²) in [4.78, 5) is 13.8. The molecule has 0 saturated carbocycles. The second kappa shape index (κ2) is 7.33. The van der Waals surface area contributed by atoms with Crippen molar-refractivity contribution < 1.29 is 17.9 Å². The summed E-state index contributed by atoms with van der Waals surface area (Å²) in [5, 5.41) is 0. The summed E-state index contributed by atoms with van der Waals surface area (Å²) in [6, 6.07) is 8.21. The monoisotopic (exact) mass is 400 g/mol. The lowest BCUT2D eigenvalue weighted by Gasteiger charge is -2.29. The van der Waals surface area contributed by atoms with E-state index in [-0.39, 0.29) is 10.1 Å². The van der Waals surface area contributed by atoms with Gasteiger partial charge < -0.3 is 9.64 Å². The Morgan fingerprint density at radius 1 is 1.28 bits per heavy atom. The van der Waals surface area contributed by atoms with Crippen LogP contribution in [0.3, 0.4) is 0 Å². The Morgan fingerprint density at radius 2 is 2.08 bits per heavy atom. The molecule has 1 amide bonds. The smallest absolute Gasteiger partial charge is 0.271 e. The SMILES string of the molecule is COCCN1C(=O)CCc2cc(NS(=O)(=O)c3ccc(Cl)s3)ccc21. The van der Waals surface area contributed by atoms with Gasteiger partial charge in [0, 0.05) is 31.5 Å². The lowest BCUT2D eigenvalue weighted by atomic mass is 10.0. The van der Waals surface area contributed by atoms with Crippen LogP contribution in [-0.2, 0) is 26.0 Å². The van der Waals surface area contributed by atoms with E-state index in [1.54, 1.807) is 36.3 Å². The second-order valence-electron chi connectivity index (χ2n) is 5.55. The third-order valence-electron chi connectivity index (χ3n) is 3.86. The van der Waals surface area contributed by atoms with Crippen molar-refractivity contribution in [2.45, 2.75) is 17.1 Å². The van der Waals surface area contributed by atoms with Gasteiger partial charge in [0.15, 0.2) is 0 Å². The molecule has 6 nitrogen and oxygen atoms in total. The van der Waals surface area contributed by atoms with Gasteiger partial charge in [0.1, 0.15) is 4.21 Å². The van der Waals surface area contributed by atoms with Gasteiger partial charge in [-0.05, 0) is 42.3 Å². The highest BCUT2D eigenvalue weighted by atomic mass is 35.5. The van der Waals surface area contributed by atoms with E-state index in [1.165, 1.54) is 6.07 Å². The summed E-state index contributed by atoms with van der Waals surface area (Å²) >= 11 is 6.81. The maximum Gasteiger partial charge on any atom is 0.271 e. The largest absolute Gasteiger partial charge is 0.383 e. The number of carbonyl (C=O) groups is 1. The summed E-state index contributed by atoms with van der Waals surface area (Å²) in [6.07, 6.45) is 0.978. The Hall–Kier alpha value is -1.61. The first kappa shape index (κ1) is 18.2. The number of anilines is 2. The first-order chi connectivity index (χ1) is 11.9. The molecule has 0 fully saturated rings. The van der Waals surface area contributed by atoms with E-state index in [4.69, 9.17) is 16.3 Å². The molecule has 9 heteroatoms. The van der Waals surface area contributed by atoms with Gasteiger partial charge in [-0.25, -0.2) is 8.42 Å². The number of benzene rings is 1. The summed E-state index contributed by atoms with van der Waals surface area (Å²) < 4.78 is 33.0. The van der Waals surface area contributed by atoms with Gasteiger partial charge in [0.25, 0.3) is 10.0 Å². The van der Waals surface area contributed by atoms with E-state index >= 15 is 0 Å². The fourth-order valence-electron chi connectivity index (χ4n) is 2.70. The number of carbonyl (C=O) groups excluding carboxylic acids is 1. The lowest BCUT2D eigenvalue weighted by molar-refractivity contribution is -0.119. The summed E-state index contributed by atoms with van der Waals surface area (Å²) in [5.74, 6) is 0.0473. The third-order valence-corrected chi connectivity index (χ3v) is 6.97. The van der Waals surface area contributed by atoms with Gasteiger partial charge in [-0.15, -0.1) is 11.3 Å². The highest BCUT2D eigenvalue weighted by molar-refractivity contribution is 7.94. The number of methoxy groups -OCH3 is 1. The maximum absolute atomic E-state index is 12.4. The van der Waals surface area contributed by atoms with E-state index in [9.17, 15) is 13.2 Å². The van der Waals surface area contributed by atoms with Crippen LogP contribution in [0.5, 0.6) is 0 Å². The molecule has 0 unspecified atom stereocenters. The number of nitrogens with one attached hydrogen (secondary N) is 1. The van der Waals surface area contributed by atoms with Crippen LogP contribution >= 0.6 is 22.9 Å². The van der Waals surface area contributed by atoms with E-state index in [0.29, 0.717) is 36.0 Å². The Kier molecular flexibility index (Phi) is 5.33. The number of ether oxygens (including phenoxy) is 1. The number of sulfonamides is 1. The Morgan fingerprint density at radius 3 is 2.76 bits per heavy atom. The average molecular weight is 401 g/mol. The molecule has 25 heavy (non-hydrogen) atoms. The number of rotatable bonds is 6. The molecule has 3 rings (SSSR count). The molecule has 0 saturated heterocycles. The Labute approximate surface area is 155 Å². The zero-order chi connectivity index (χ0) is 18.0. The molecule has 1 N–H and O–H groups in total. The average Bonchev–Trinajstić information content (AvgIpc) is 3.01. The molecule has 1 aromatic carbocycles. The predicted molar refractivity (Wildman–Crippen MR) is 99.1 cm³/mol. The molecule has 1 aliphatic heterocycles. The molecule has 1 aromatic heterocycles. The van der Waals surface area contributed by atoms with Gasteiger partial charge in [0.05, 0.1) is 10.9 Å². The minimum atomic E-state index is -3.67. The van der Waals surface area contributed by atoms with Gasteiger partial charge in [-0.3, -0.25) is 9.52 Å². The quantitative estimate of drug-likeness (QED) is 0.808. The summed E-state index contributed by atoms with van der Waals surface area (Å²) in [7, 11) is -2.09. The van der Waals surface area contributed by atoms with Gasteiger partial charge in [0.2, 0.25) is 5.91 Å². The van der Waals surface area contributed by atoms with Crippen LogP contribution in [0, 0.1) is 0 Å². The van der Waals surface area contributed by atoms with Crippen molar-refractivity contribution in [2.24, 2.45) is 0 Å². The van der Waals surface area contributed by atoms with E-state index in [1.807, 2.05) is 0 Å². The van der Waals surface area contributed by atoms with Crippen LogP contribution < -0.4 is 9.62 Å². The van der Waals surface area contributed by atoms with Crippen molar-refractivity contribution in [3.63, 3.8) is 0 Å². The van der Waals surface area contributed by atoms with Crippen LogP contribution in [0.2, 0.25) is 4.34 Å². The van der Waals surface area contributed by atoms with Crippen LogP contribution in [0.4, 0.5) is 11.4 Å². The van der Waals surface area contributed by atoms with Crippen molar-refractivity contribution in [1.82, 2.24) is 0 Å². The molecule has 0 bridgehead atoms. The fourth-order valence-corrected chi connectivity index (χ4v) is 5.23. The molecule has 2 heterocycles. The lowest BCUT2D eigenvalue weighted by Crippen LogP contribution is -2.37. The highest BCUT2D eigenvalue weighted by Crippen LogP contribution is 2.32. The number of hydrogen-bond acceptors (Lipinski definition) is 5. The van der Waals surface area contributed by atoms with E-state index < -0.39 is 10.0 Å². The molecule has 2 aromatic rings. The number of amides is 1. The number of aryl methyl sites for hydroxylation is 1. The number of halogens is 1. The molecular weight excluding hydrogens is 384 g/mol. The predicted octanol–water partition coefficient (Wildman–Crippen LogP) is 3.13. The number of thiophene rings is 1. The van der Waals surface area contributed by atoms with Crippen molar-refractivity contribution in [3.05, 3.63) is 40.2 Å². The van der Waals surface area contributed by atoms with Gasteiger partial charge >= 0.3 is 0 Å². The minimum absolute atomic E-state index is 0.0473. The first-order valence-corrected chi connectivity index (χ1v) is 10.3. The van der Waals surface area contributed by atoms with Gasteiger partial charge in [-0.2, -0.15) is 0 Å². The zero-order valence-corrected chi connectivity index (χ0v) is 15.9. The van der Waals surface area contributed by atoms with Gasteiger partial charge in [-0.1, -0.05) is 11.6 Å². The van der Waals surface area contributed by atoms with Crippen molar-refractivity contribution >= 4 is 50.2 Å². The van der Waals surface area contributed by atoms with Crippen LogP contribution in [-0.4, -0.2) is 34.6 Å². The highest BCUT2D eigenvalue weighted by Gasteiger charge is 2.25. The normalized spacial score (nSPS) is 14.5. The van der Waals surface area contributed by atoms with Crippen molar-refractivity contribution in [1.29, 1.82) is 0 Å². The number of hydrogen-bond donors (Lipinski definition) is 1. The van der Waals surface area contributed by atoms with Crippen LogP contribution in [0.25, 0.3) is 0 Å². The molecule has 134 valence electrons. The molecule has 0 radical (unpaired) electrons. The fraction of sp³-hybridized carbons (Fsp3) is 0.312. The molecular formula is C16H17ClN2O4S2. The third kappa shape index (κ3) is 3.98. The van der Waals surface area contributed by atoms with Crippen molar-refractivity contribution in [3.8, 4) is 0 Å². The van der Waals surface area contributed by atoms with E-state index in [2.05, 4.69) is 4.72 Å². The Balaban J connectivity index is 1.85. The minimum Gasteiger partial charge on any atom is -0.383 e. The number of fused-ring (bicyclic) bond motifs is 1. The molecule has 1 aliphatic rings. The van der Waals surface area contributed by atoms with Crippen LogP contribution in [0.1, 0.15) is 12.0 Å². The second-order valence-corrected chi connectivity index (χ2v) is 9.17. The topological polar surface area (TPSA) is 75.7 Å². The van der Waals surface area contributed by atoms with Crippen LogP contribution in [0.15, 0.2) is 34.5 Å². The Bertz CT molecular complexity index is 895. The standard InChI is InChI=1S/C16H17ClN2O4S2/c1-23-9-8-19-13-4-3-12(10-11(13)2-6-15(19)20)18-25(21,22)16-7-5-14(17)24-16/h3-5,7,10,18H,2,6,8-9H2,1H3.